The Balaban J connectivity index is 1.81. The molecule has 0 aromatic heterocycles. The summed E-state index contributed by atoms with van der Waals surface area (Å²) in [5.41, 5.74) is 1.68. The molecular formula is C20H24N4O5. The van der Waals surface area contributed by atoms with Gasteiger partial charge in [-0.1, -0.05) is 12.1 Å². The maximum absolute atomic E-state index is 12.2. The molecule has 0 bridgehead atoms. The normalized spacial score (nSPS) is 10.5. The quantitative estimate of drug-likeness (QED) is 0.494. The maximum Gasteiger partial charge on any atom is 0.271 e. The minimum absolute atomic E-state index is 0.0859. The van der Waals surface area contributed by atoms with Crippen LogP contribution in [0.3, 0.4) is 0 Å². The molecule has 0 aliphatic rings. The highest BCUT2D eigenvalue weighted by Crippen LogP contribution is 2.22. The van der Waals surface area contributed by atoms with Crippen molar-refractivity contribution < 1.29 is 19.2 Å². The number of likely N-dealkylation sites (N-methyl/N-ethyl adjacent to an activating group) is 1. The van der Waals surface area contributed by atoms with Crippen molar-refractivity contribution in [2.24, 2.45) is 0 Å². The predicted molar refractivity (Wildman–Crippen MR) is 110 cm³/mol. The van der Waals surface area contributed by atoms with Crippen LogP contribution < -0.4 is 15.4 Å². The number of carbonyl (C=O) groups excluding carboxylic acids is 2. The van der Waals surface area contributed by atoms with Crippen LogP contribution in [0.2, 0.25) is 0 Å². The van der Waals surface area contributed by atoms with E-state index in [0.29, 0.717) is 23.7 Å². The fourth-order valence-electron chi connectivity index (χ4n) is 2.59. The van der Waals surface area contributed by atoms with E-state index in [-0.39, 0.29) is 30.5 Å². The van der Waals surface area contributed by atoms with Crippen molar-refractivity contribution in [2.75, 3.05) is 37.9 Å². The second-order valence-electron chi connectivity index (χ2n) is 6.57. The lowest BCUT2D eigenvalue weighted by Crippen LogP contribution is -2.32. The minimum atomic E-state index is -0.510. The van der Waals surface area contributed by atoms with Gasteiger partial charge in [-0.2, -0.15) is 0 Å². The molecule has 0 aliphatic heterocycles. The van der Waals surface area contributed by atoms with Crippen molar-refractivity contribution in [3.8, 4) is 5.75 Å². The number of methoxy groups -OCH3 is 1. The molecule has 0 radical (unpaired) electrons. The second kappa shape index (κ2) is 10.2. The Morgan fingerprint density at radius 3 is 2.59 bits per heavy atom. The number of anilines is 2. The van der Waals surface area contributed by atoms with Gasteiger partial charge < -0.3 is 15.4 Å². The predicted octanol–water partition coefficient (Wildman–Crippen LogP) is 2.81. The van der Waals surface area contributed by atoms with E-state index in [4.69, 9.17) is 4.74 Å². The SMILES string of the molecule is COc1cccc(NC(=O)CN(C)CCC(=O)Nc2cc([N+](=O)[O-])ccc2C)c1. The van der Waals surface area contributed by atoms with Crippen LogP contribution in [0.25, 0.3) is 0 Å². The zero-order valence-electron chi connectivity index (χ0n) is 16.6. The summed E-state index contributed by atoms with van der Waals surface area (Å²) >= 11 is 0. The summed E-state index contributed by atoms with van der Waals surface area (Å²) in [6.07, 6.45) is 0.144. The first-order chi connectivity index (χ1) is 13.8. The highest BCUT2D eigenvalue weighted by atomic mass is 16.6. The van der Waals surface area contributed by atoms with E-state index in [2.05, 4.69) is 10.6 Å². The van der Waals surface area contributed by atoms with Gasteiger partial charge in [0.25, 0.3) is 5.69 Å². The van der Waals surface area contributed by atoms with E-state index in [1.807, 2.05) is 0 Å². The molecule has 0 saturated carbocycles. The third-order valence-electron chi connectivity index (χ3n) is 4.19. The summed E-state index contributed by atoms with van der Waals surface area (Å²) < 4.78 is 5.12. The Morgan fingerprint density at radius 2 is 1.90 bits per heavy atom. The number of non-ortho nitro benzene ring substituents is 1. The maximum atomic E-state index is 12.2. The van der Waals surface area contributed by atoms with Gasteiger partial charge in [-0.15, -0.1) is 0 Å². The minimum Gasteiger partial charge on any atom is -0.497 e. The monoisotopic (exact) mass is 400 g/mol. The van der Waals surface area contributed by atoms with Crippen molar-refractivity contribution in [3.05, 3.63) is 58.1 Å². The molecular weight excluding hydrogens is 376 g/mol. The molecule has 0 unspecified atom stereocenters. The summed E-state index contributed by atoms with van der Waals surface area (Å²) in [6, 6.07) is 11.3. The standard InChI is InChI=1S/C20H24N4O5/c1-14-7-8-16(24(27)28)12-18(14)22-19(25)9-10-23(2)13-20(26)21-15-5-4-6-17(11-15)29-3/h4-8,11-12H,9-10,13H2,1-3H3,(H,21,26)(H,22,25). The van der Waals surface area contributed by atoms with Crippen LogP contribution in [0.5, 0.6) is 5.75 Å². The number of hydrogen-bond donors (Lipinski definition) is 2. The van der Waals surface area contributed by atoms with Crippen LogP contribution in [0.4, 0.5) is 17.1 Å². The number of nitro groups is 1. The summed E-state index contributed by atoms with van der Waals surface area (Å²) in [5, 5.41) is 16.3. The van der Waals surface area contributed by atoms with Gasteiger partial charge in [0.15, 0.2) is 0 Å². The number of benzene rings is 2. The van der Waals surface area contributed by atoms with Gasteiger partial charge in [-0.3, -0.25) is 24.6 Å². The molecule has 2 aromatic carbocycles. The van der Waals surface area contributed by atoms with E-state index in [1.165, 1.54) is 12.1 Å². The molecule has 2 rings (SSSR count). The Kier molecular flexibility index (Phi) is 7.67. The van der Waals surface area contributed by atoms with E-state index >= 15 is 0 Å². The smallest absolute Gasteiger partial charge is 0.271 e. The number of carbonyl (C=O) groups is 2. The third kappa shape index (κ3) is 6.89. The number of nitrogens with zero attached hydrogens (tertiary/aromatic N) is 2. The zero-order valence-corrected chi connectivity index (χ0v) is 16.6. The van der Waals surface area contributed by atoms with Crippen molar-refractivity contribution in [2.45, 2.75) is 13.3 Å². The summed E-state index contributed by atoms with van der Waals surface area (Å²) in [6.45, 7) is 2.22. The van der Waals surface area contributed by atoms with Crippen LogP contribution in [0.15, 0.2) is 42.5 Å². The first-order valence-corrected chi connectivity index (χ1v) is 8.96. The number of amides is 2. The molecule has 9 heteroatoms. The van der Waals surface area contributed by atoms with Crippen LogP contribution in [-0.2, 0) is 9.59 Å². The molecule has 29 heavy (non-hydrogen) atoms. The van der Waals surface area contributed by atoms with Gasteiger partial charge in [-0.05, 0) is 31.7 Å². The molecule has 2 N–H and O–H groups in total. The van der Waals surface area contributed by atoms with Crippen LogP contribution in [-0.4, -0.2) is 48.9 Å². The van der Waals surface area contributed by atoms with Gasteiger partial charge >= 0.3 is 0 Å². The number of aryl methyl sites for hydroxylation is 1. The molecule has 0 fully saturated rings. The lowest BCUT2D eigenvalue weighted by Gasteiger charge is -2.16. The fraction of sp³-hybridized carbons (Fsp3) is 0.300. The van der Waals surface area contributed by atoms with E-state index < -0.39 is 4.92 Å². The average molecular weight is 400 g/mol. The molecule has 0 saturated heterocycles. The highest BCUT2D eigenvalue weighted by Gasteiger charge is 2.13. The van der Waals surface area contributed by atoms with E-state index in [1.54, 1.807) is 56.3 Å². The molecule has 0 atom stereocenters. The largest absolute Gasteiger partial charge is 0.497 e. The Bertz CT molecular complexity index is 900. The van der Waals surface area contributed by atoms with Gasteiger partial charge in [0.2, 0.25) is 11.8 Å². The summed E-state index contributed by atoms with van der Waals surface area (Å²) in [7, 11) is 3.28. The van der Waals surface area contributed by atoms with Crippen LogP contribution in [0, 0.1) is 17.0 Å². The highest BCUT2D eigenvalue weighted by molar-refractivity contribution is 5.93. The molecule has 0 aliphatic carbocycles. The molecule has 0 heterocycles. The Morgan fingerprint density at radius 1 is 1.14 bits per heavy atom. The van der Waals surface area contributed by atoms with Crippen LogP contribution in [0.1, 0.15) is 12.0 Å². The topological polar surface area (TPSA) is 114 Å². The van der Waals surface area contributed by atoms with Gasteiger partial charge in [0.05, 0.1) is 24.3 Å². The number of nitro benzene ring substituents is 1. The van der Waals surface area contributed by atoms with E-state index in [9.17, 15) is 19.7 Å². The molecule has 154 valence electrons. The average Bonchev–Trinajstić information content (AvgIpc) is 2.68. The Hall–Kier alpha value is -3.46. The molecule has 2 amide bonds. The van der Waals surface area contributed by atoms with Gasteiger partial charge in [0.1, 0.15) is 5.75 Å². The lowest BCUT2D eigenvalue weighted by molar-refractivity contribution is -0.384. The number of ether oxygens (including phenoxy) is 1. The number of rotatable bonds is 9. The molecule has 9 nitrogen and oxygen atoms in total. The first-order valence-electron chi connectivity index (χ1n) is 8.96. The Labute approximate surface area is 168 Å². The molecule has 0 spiro atoms. The van der Waals surface area contributed by atoms with Crippen molar-refractivity contribution >= 4 is 28.9 Å². The zero-order chi connectivity index (χ0) is 21.4. The summed E-state index contributed by atoms with van der Waals surface area (Å²) in [5.74, 6) is 0.147. The van der Waals surface area contributed by atoms with E-state index in [0.717, 1.165) is 5.56 Å². The van der Waals surface area contributed by atoms with Crippen molar-refractivity contribution in [1.82, 2.24) is 4.90 Å². The molecule has 2 aromatic rings. The lowest BCUT2D eigenvalue weighted by atomic mass is 10.1. The summed E-state index contributed by atoms with van der Waals surface area (Å²) in [4.78, 5) is 36.4. The second-order valence-corrected chi connectivity index (χ2v) is 6.57. The van der Waals surface area contributed by atoms with Crippen LogP contribution >= 0.6 is 0 Å². The van der Waals surface area contributed by atoms with Crippen molar-refractivity contribution in [1.29, 1.82) is 0 Å². The van der Waals surface area contributed by atoms with Gasteiger partial charge in [0, 0.05) is 36.9 Å². The fourth-order valence-corrected chi connectivity index (χ4v) is 2.59. The van der Waals surface area contributed by atoms with Gasteiger partial charge in [-0.25, -0.2) is 0 Å². The number of nitrogens with one attached hydrogen (secondary N) is 2. The van der Waals surface area contributed by atoms with Crippen molar-refractivity contribution in [3.63, 3.8) is 0 Å². The number of hydrogen-bond acceptors (Lipinski definition) is 6. The third-order valence-corrected chi connectivity index (χ3v) is 4.19. The first kappa shape index (κ1) is 21.8.